The Balaban J connectivity index is 2.67. The molecule has 0 aliphatic rings. The second kappa shape index (κ2) is 7.22. The maximum atomic E-state index is 12.3. The lowest BCUT2D eigenvalue weighted by atomic mass is 9.82. The first-order valence-electron chi connectivity index (χ1n) is 7.33. The lowest BCUT2D eigenvalue weighted by molar-refractivity contribution is 0.263. The average Bonchev–Trinajstić information content (AvgIpc) is 2.81. The molecule has 0 spiro atoms. The summed E-state index contributed by atoms with van der Waals surface area (Å²) in [5.41, 5.74) is 1.10. The van der Waals surface area contributed by atoms with Gasteiger partial charge in [-0.15, -0.1) is 11.3 Å². The Labute approximate surface area is 133 Å². The third-order valence-electron chi connectivity index (χ3n) is 3.67. The van der Waals surface area contributed by atoms with Crippen LogP contribution in [0.25, 0.3) is 0 Å². The largest absolute Gasteiger partial charge is 0.310 e. The van der Waals surface area contributed by atoms with E-state index < -0.39 is 10.0 Å². The van der Waals surface area contributed by atoms with Crippen molar-refractivity contribution in [3.8, 4) is 0 Å². The van der Waals surface area contributed by atoms with Crippen molar-refractivity contribution < 1.29 is 8.42 Å². The van der Waals surface area contributed by atoms with Crippen molar-refractivity contribution in [2.45, 2.75) is 58.3 Å². The molecule has 1 aromatic heterocycles. The van der Waals surface area contributed by atoms with E-state index in [1.165, 1.54) is 11.3 Å². The van der Waals surface area contributed by atoms with Gasteiger partial charge >= 0.3 is 0 Å². The van der Waals surface area contributed by atoms with Gasteiger partial charge in [-0.1, -0.05) is 41.5 Å². The second-order valence-corrected chi connectivity index (χ2v) is 9.83. The van der Waals surface area contributed by atoms with Gasteiger partial charge in [0.2, 0.25) is 10.0 Å². The molecular weight excluding hydrogens is 304 g/mol. The van der Waals surface area contributed by atoms with Crippen LogP contribution >= 0.6 is 11.3 Å². The minimum absolute atomic E-state index is 0.0876. The molecule has 4 nitrogen and oxygen atoms in total. The van der Waals surface area contributed by atoms with E-state index in [-0.39, 0.29) is 11.3 Å². The highest BCUT2D eigenvalue weighted by Crippen LogP contribution is 2.25. The number of hydrogen-bond donors (Lipinski definition) is 2. The monoisotopic (exact) mass is 332 g/mol. The van der Waals surface area contributed by atoms with Crippen molar-refractivity contribution in [2.24, 2.45) is 11.3 Å². The van der Waals surface area contributed by atoms with Gasteiger partial charge < -0.3 is 5.32 Å². The Morgan fingerprint density at radius 2 is 1.86 bits per heavy atom. The number of rotatable bonds is 7. The molecular formula is C15H28N2O2S2. The molecule has 0 saturated heterocycles. The highest BCUT2D eigenvalue weighted by atomic mass is 32.2. The Kier molecular flexibility index (Phi) is 6.40. The van der Waals surface area contributed by atoms with Crippen LogP contribution in [0.5, 0.6) is 0 Å². The van der Waals surface area contributed by atoms with Crippen molar-refractivity contribution in [3.63, 3.8) is 0 Å². The fourth-order valence-corrected chi connectivity index (χ4v) is 3.91. The standard InChI is InChI=1S/C15H28N2O2S2/c1-11(2)16-9-13-7-14(20-10-13)21(18,19)17-8-12(3)15(4,5)6/h7,10-12,16-17H,8-9H2,1-6H3. The molecule has 1 unspecified atom stereocenters. The van der Waals surface area contributed by atoms with Crippen LogP contribution in [0.3, 0.4) is 0 Å². The van der Waals surface area contributed by atoms with Gasteiger partial charge in [-0.25, -0.2) is 13.1 Å². The Hall–Kier alpha value is -0.430. The van der Waals surface area contributed by atoms with Crippen LogP contribution in [-0.2, 0) is 16.6 Å². The normalized spacial score (nSPS) is 14.6. The summed E-state index contributed by atoms with van der Waals surface area (Å²) < 4.78 is 27.7. The van der Waals surface area contributed by atoms with E-state index in [4.69, 9.17) is 0 Å². The van der Waals surface area contributed by atoms with Gasteiger partial charge in [0.15, 0.2) is 0 Å². The van der Waals surface area contributed by atoms with E-state index >= 15 is 0 Å². The van der Waals surface area contributed by atoms with Crippen molar-refractivity contribution >= 4 is 21.4 Å². The van der Waals surface area contributed by atoms with Gasteiger partial charge in [-0.3, -0.25) is 0 Å². The zero-order valence-electron chi connectivity index (χ0n) is 13.9. The molecule has 1 rings (SSSR count). The summed E-state index contributed by atoms with van der Waals surface area (Å²) in [7, 11) is -3.39. The first-order valence-corrected chi connectivity index (χ1v) is 9.69. The van der Waals surface area contributed by atoms with E-state index in [0.29, 0.717) is 23.3 Å². The van der Waals surface area contributed by atoms with Gasteiger partial charge in [0.05, 0.1) is 0 Å². The predicted octanol–water partition coefficient (Wildman–Crippen LogP) is 3.21. The predicted molar refractivity (Wildman–Crippen MR) is 90.1 cm³/mol. The second-order valence-electron chi connectivity index (χ2n) is 6.93. The van der Waals surface area contributed by atoms with Gasteiger partial charge in [0.25, 0.3) is 0 Å². The zero-order valence-corrected chi connectivity index (χ0v) is 15.5. The molecule has 122 valence electrons. The maximum absolute atomic E-state index is 12.3. The highest BCUT2D eigenvalue weighted by molar-refractivity contribution is 7.91. The molecule has 0 bridgehead atoms. The summed E-state index contributed by atoms with van der Waals surface area (Å²) in [6, 6.07) is 2.14. The van der Waals surface area contributed by atoms with Gasteiger partial charge in [0.1, 0.15) is 4.21 Å². The molecule has 0 amide bonds. The number of nitrogens with one attached hydrogen (secondary N) is 2. The summed E-state index contributed by atoms with van der Waals surface area (Å²) in [6.07, 6.45) is 0. The van der Waals surface area contributed by atoms with Gasteiger partial charge in [-0.2, -0.15) is 0 Å². The van der Waals surface area contributed by atoms with Gasteiger partial charge in [0, 0.05) is 19.1 Å². The molecule has 0 aliphatic heterocycles. The summed E-state index contributed by atoms with van der Waals surface area (Å²) in [6.45, 7) is 13.7. The third kappa shape index (κ3) is 6.06. The van der Waals surface area contributed by atoms with Crippen LogP contribution in [-0.4, -0.2) is 21.0 Å². The third-order valence-corrected chi connectivity index (χ3v) is 6.58. The summed E-state index contributed by atoms with van der Waals surface area (Å²) >= 11 is 1.28. The van der Waals surface area contributed by atoms with Crippen LogP contribution in [0.15, 0.2) is 15.7 Å². The molecule has 0 saturated carbocycles. The topological polar surface area (TPSA) is 58.2 Å². The van der Waals surface area contributed by atoms with Crippen LogP contribution in [0.4, 0.5) is 0 Å². The van der Waals surface area contributed by atoms with Gasteiger partial charge in [-0.05, 0) is 28.3 Å². The molecule has 0 aliphatic carbocycles. The smallest absolute Gasteiger partial charge is 0.250 e. The lowest BCUT2D eigenvalue weighted by Gasteiger charge is -2.27. The summed E-state index contributed by atoms with van der Waals surface area (Å²) in [4.78, 5) is 0. The minimum atomic E-state index is -3.39. The molecule has 2 N–H and O–H groups in total. The summed E-state index contributed by atoms with van der Waals surface area (Å²) in [5.74, 6) is 0.273. The molecule has 6 heteroatoms. The van der Waals surface area contributed by atoms with Crippen molar-refractivity contribution in [1.29, 1.82) is 0 Å². The number of sulfonamides is 1. The molecule has 21 heavy (non-hydrogen) atoms. The van der Waals surface area contributed by atoms with Crippen molar-refractivity contribution in [1.82, 2.24) is 10.0 Å². The van der Waals surface area contributed by atoms with Crippen LogP contribution in [0, 0.1) is 11.3 Å². The number of thiophene rings is 1. The molecule has 1 atom stereocenters. The Morgan fingerprint density at radius 3 is 2.38 bits per heavy atom. The van der Waals surface area contributed by atoms with E-state index in [2.05, 4.69) is 51.6 Å². The molecule has 0 radical (unpaired) electrons. The van der Waals surface area contributed by atoms with Crippen molar-refractivity contribution in [3.05, 3.63) is 17.0 Å². The van der Waals surface area contributed by atoms with E-state index in [0.717, 1.165) is 5.56 Å². The molecule has 1 aromatic rings. The SMILES string of the molecule is CC(C)NCc1csc(S(=O)(=O)NCC(C)C(C)(C)C)c1. The van der Waals surface area contributed by atoms with Crippen LogP contribution < -0.4 is 10.0 Å². The fraction of sp³-hybridized carbons (Fsp3) is 0.733. The molecule has 0 fully saturated rings. The molecule has 0 aromatic carbocycles. The van der Waals surface area contributed by atoms with E-state index in [1.807, 2.05) is 5.38 Å². The Morgan fingerprint density at radius 1 is 1.24 bits per heavy atom. The lowest BCUT2D eigenvalue weighted by Crippen LogP contribution is -2.33. The maximum Gasteiger partial charge on any atom is 0.250 e. The highest BCUT2D eigenvalue weighted by Gasteiger charge is 2.23. The van der Waals surface area contributed by atoms with E-state index in [9.17, 15) is 8.42 Å². The zero-order chi connectivity index (χ0) is 16.3. The van der Waals surface area contributed by atoms with Crippen molar-refractivity contribution in [2.75, 3.05) is 6.54 Å². The number of hydrogen-bond acceptors (Lipinski definition) is 4. The quantitative estimate of drug-likeness (QED) is 0.806. The van der Waals surface area contributed by atoms with E-state index in [1.54, 1.807) is 6.07 Å². The first kappa shape index (κ1) is 18.6. The molecule has 1 heterocycles. The van der Waals surface area contributed by atoms with Crippen LogP contribution in [0.1, 0.15) is 47.1 Å². The first-order chi connectivity index (χ1) is 9.52. The van der Waals surface area contributed by atoms with Crippen LogP contribution in [0.2, 0.25) is 0 Å². The summed E-state index contributed by atoms with van der Waals surface area (Å²) in [5, 5.41) is 5.19. The average molecular weight is 333 g/mol. The Bertz CT molecular complexity index is 542. The minimum Gasteiger partial charge on any atom is -0.310 e. The fourth-order valence-electron chi connectivity index (χ4n) is 1.52.